The minimum Gasteiger partial charge on any atom is -0.351 e. The Balaban J connectivity index is 2.40. The molecule has 2 heterocycles. The first-order chi connectivity index (χ1) is 9.04. The molecule has 0 saturated carbocycles. The molecule has 102 valence electrons. The number of rotatable bonds is 4. The van der Waals surface area contributed by atoms with Crippen molar-refractivity contribution in [2.75, 3.05) is 6.54 Å². The SMILES string of the molecule is CCCCNC(=O)c1sc2nc(C)[nH]c(=O)c2c1C. The summed E-state index contributed by atoms with van der Waals surface area (Å²) < 4.78 is 0. The Kier molecular flexibility index (Phi) is 3.99. The van der Waals surface area contributed by atoms with Gasteiger partial charge >= 0.3 is 0 Å². The monoisotopic (exact) mass is 279 g/mol. The topological polar surface area (TPSA) is 74.8 Å². The molecule has 0 radical (unpaired) electrons. The third kappa shape index (κ3) is 2.68. The Morgan fingerprint density at radius 1 is 1.42 bits per heavy atom. The highest BCUT2D eigenvalue weighted by Gasteiger charge is 2.18. The standard InChI is InChI=1S/C13H17N3O2S/c1-4-5-6-14-12(18)10-7(2)9-11(17)15-8(3)16-13(9)19-10/h4-6H2,1-3H3,(H,14,18)(H,15,16,17). The molecule has 0 aliphatic carbocycles. The molecule has 2 aromatic rings. The highest BCUT2D eigenvalue weighted by molar-refractivity contribution is 7.20. The van der Waals surface area contributed by atoms with Gasteiger partial charge in [-0.2, -0.15) is 0 Å². The molecular formula is C13H17N3O2S. The molecule has 2 aromatic heterocycles. The number of carbonyl (C=O) groups excluding carboxylic acids is 1. The van der Waals surface area contributed by atoms with E-state index in [1.165, 1.54) is 11.3 Å². The van der Waals surface area contributed by atoms with E-state index in [-0.39, 0.29) is 11.5 Å². The maximum atomic E-state index is 12.1. The maximum absolute atomic E-state index is 12.1. The van der Waals surface area contributed by atoms with Crippen molar-refractivity contribution in [3.8, 4) is 0 Å². The van der Waals surface area contributed by atoms with Crippen LogP contribution in [0.5, 0.6) is 0 Å². The number of unbranched alkanes of at least 4 members (excludes halogenated alkanes) is 1. The molecule has 0 aromatic carbocycles. The minimum absolute atomic E-state index is 0.119. The Hall–Kier alpha value is -1.69. The van der Waals surface area contributed by atoms with Gasteiger partial charge in [-0.1, -0.05) is 13.3 Å². The second-order valence-corrected chi connectivity index (χ2v) is 5.50. The average molecular weight is 279 g/mol. The van der Waals surface area contributed by atoms with Crippen LogP contribution >= 0.6 is 11.3 Å². The summed E-state index contributed by atoms with van der Waals surface area (Å²) in [6, 6.07) is 0. The van der Waals surface area contributed by atoms with Crippen LogP contribution in [-0.2, 0) is 0 Å². The lowest BCUT2D eigenvalue weighted by atomic mass is 10.2. The maximum Gasteiger partial charge on any atom is 0.261 e. The first kappa shape index (κ1) is 13.7. The van der Waals surface area contributed by atoms with E-state index in [1.54, 1.807) is 13.8 Å². The number of fused-ring (bicyclic) bond motifs is 1. The molecule has 0 bridgehead atoms. The second kappa shape index (κ2) is 5.52. The van der Waals surface area contributed by atoms with Gasteiger partial charge in [0.05, 0.1) is 10.3 Å². The highest BCUT2D eigenvalue weighted by Crippen LogP contribution is 2.26. The van der Waals surface area contributed by atoms with E-state index in [4.69, 9.17) is 0 Å². The normalized spacial score (nSPS) is 10.9. The summed E-state index contributed by atoms with van der Waals surface area (Å²) in [6.07, 6.45) is 1.99. The first-order valence-corrected chi connectivity index (χ1v) is 7.14. The summed E-state index contributed by atoms with van der Waals surface area (Å²) in [5.74, 6) is 0.447. The summed E-state index contributed by atoms with van der Waals surface area (Å²) in [6.45, 7) is 6.26. The van der Waals surface area contributed by atoms with E-state index in [0.29, 0.717) is 33.0 Å². The van der Waals surface area contributed by atoms with Gasteiger partial charge in [0.15, 0.2) is 0 Å². The third-order valence-corrected chi connectivity index (χ3v) is 4.13. The van der Waals surface area contributed by atoms with Crippen molar-refractivity contribution >= 4 is 27.5 Å². The lowest BCUT2D eigenvalue weighted by Gasteiger charge is -2.02. The summed E-state index contributed by atoms with van der Waals surface area (Å²) in [4.78, 5) is 32.1. The smallest absolute Gasteiger partial charge is 0.261 e. The molecule has 2 N–H and O–H groups in total. The highest BCUT2D eigenvalue weighted by atomic mass is 32.1. The van der Waals surface area contributed by atoms with Gasteiger partial charge in [-0.05, 0) is 25.8 Å². The van der Waals surface area contributed by atoms with Gasteiger partial charge in [0.2, 0.25) is 0 Å². The largest absolute Gasteiger partial charge is 0.351 e. The Morgan fingerprint density at radius 3 is 2.84 bits per heavy atom. The van der Waals surface area contributed by atoms with E-state index < -0.39 is 0 Å². The molecule has 0 unspecified atom stereocenters. The molecule has 2 rings (SSSR count). The van der Waals surface area contributed by atoms with E-state index >= 15 is 0 Å². The Bertz CT molecular complexity index is 672. The van der Waals surface area contributed by atoms with Gasteiger partial charge in [0, 0.05) is 6.54 Å². The van der Waals surface area contributed by atoms with Crippen LogP contribution in [-0.4, -0.2) is 22.4 Å². The van der Waals surface area contributed by atoms with Gasteiger partial charge in [0.25, 0.3) is 11.5 Å². The zero-order valence-corrected chi connectivity index (χ0v) is 12.1. The number of thiophene rings is 1. The number of aromatic nitrogens is 2. The van der Waals surface area contributed by atoms with Crippen LogP contribution in [0.25, 0.3) is 10.2 Å². The zero-order valence-electron chi connectivity index (χ0n) is 11.3. The van der Waals surface area contributed by atoms with Crippen LogP contribution in [0.3, 0.4) is 0 Å². The molecule has 0 atom stereocenters. The quantitative estimate of drug-likeness (QED) is 0.842. The molecule has 0 saturated heterocycles. The number of aromatic amines is 1. The summed E-state index contributed by atoms with van der Waals surface area (Å²) in [5.41, 5.74) is 0.534. The Morgan fingerprint density at radius 2 is 2.16 bits per heavy atom. The molecule has 1 amide bonds. The predicted octanol–water partition coefficient (Wildman–Crippen LogP) is 2.13. The fraction of sp³-hybridized carbons (Fsp3) is 0.462. The van der Waals surface area contributed by atoms with Crippen LogP contribution in [0.1, 0.15) is 40.8 Å². The van der Waals surface area contributed by atoms with E-state index in [2.05, 4.69) is 22.2 Å². The van der Waals surface area contributed by atoms with Gasteiger partial charge in [0.1, 0.15) is 10.7 Å². The van der Waals surface area contributed by atoms with Gasteiger partial charge < -0.3 is 10.3 Å². The van der Waals surface area contributed by atoms with Crippen LogP contribution in [0.4, 0.5) is 0 Å². The number of hydrogen-bond acceptors (Lipinski definition) is 4. The van der Waals surface area contributed by atoms with Crippen molar-refractivity contribution in [2.45, 2.75) is 33.6 Å². The number of nitrogens with zero attached hydrogens (tertiary/aromatic N) is 1. The van der Waals surface area contributed by atoms with Crippen molar-refractivity contribution in [2.24, 2.45) is 0 Å². The van der Waals surface area contributed by atoms with E-state index in [0.717, 1.165) is 12.8 Å². The van der Waals surface area contributed by atoms with E-state index in [1.807, 2.05) is 0 Å². The van der Waals surface area contributed by atoms with Crippen molar-refractivity contribution in [1.29, 1.82) is 0 Å². The molecule has 0 aliphatic heterocycles. The third-order valence-electron chi connectivity index (χ3n) is 2.94. The van der Waals surface area contributed by atoms with Gasteiger partial charge in [-0.3, -0.25) is 9.59 Å². The average Bonchev–Trinajstić information content (AvgIpc) is 2.66. The minimum atomic E-state index is -0.177. The molecule has 19 heavy (non-hydrogen) atoms. The Labute approximate surface area is 115 Å². The van der Waals surface area contributed by atoms with Crippen molar-refractivity contribution in [1.82, 2.24) is 15.3 Å². The number of nitrogens with one attached hydrogen (secondary N) is 2. The van der Waals surface area contributed by atoms with Crippen molar-refractivity contribution < 1.29 is 4.79 Å². The summed E-state index contributed by atoms with van der Waals surface area (Å²) in [7, 11) is 0. The molecule has 6 heteroatoms. The molecular weight excluding hydrogens is 262 g/mol. The lowest BCUT2D eigenvalue weighted by Crippen LogP contribution is -2.24. The second-order valence-electron chi connectivity index (χ2n) is 4.50. The zero-order chi connectivity index (χ0) is 14.0. The lowest BCUT2D eigenvalue weighted by molar-refractivity contribution is 0.0957. The van der Waals surface area contributed by atoms with Crippen LogP contribution in [0, 0.1) is 13.8 Å². The fourth-order valence-corrected chi connectivity index (χ4v) is 3.07. The first-order valence-electron chi connectivity index (χ1n) is 6.32. The van der Waals surface area contributed by atoms with Gasteiger partial charge in [-0.25, -0.2) is 4.98 Å². The van der Waals surface area contributed by atoms with Crippen molar-refractivity contribution in [3.63, 3.8) is 0 Å². The molecule has 0 fully saturated rings. The van der Waals surface area contributed by atoms with Crippen LogP contribution < -0.4 is 10.9 Å². The van der Waals surface area contributed by atoms with E-state index in [9.17, 15) is 9.59 Å². The number of carbonyl (C=O) groups is 1. The summed E-state index contributed by atoms with van der Waals surface area (Å²) >= 11 is 1.28. The number of H-pyrrole nitrogens is 1. The predicted molar refractivity (Wildman–Crippen MR) is 77.0 cm³/mol. The van der Waals surface area contributed by atoms with Crippen molar-refractivity contribution in [3.05, 3.63) is 26.6 Å². The van der Waals surface area contributed by atoms with Gasteiger partial charge in [-0.15, -0.1) is 11.3 Å². The van der Waals surface area contributed by atoms with Crippen LogP contribution in [0.15, 0.2) is 4.79 Å². The molecule has 0 aliphatic rings. The summed E-state index contributed by atoms with van der Waals surface area (Å²) in [5, 5.41) is 3.39. The molecule has 0 spiro atoms. The number of aryl methyl sites for hydroxylation is 2. The molecule has 5 nitrogen and oxygen atoms in total. The number of amides is 1. The van der Waals surface area contributed by atoms with Crippen LogP contribution in [0.2, 0.25) is 0 Å². The number of hydrogen-bond donors (Lipinski definition) is 2. The fourth-order valence-electron chi connectivity index (χ4n) is 1.93.